The molecule has 0 atom stereocenters. The van der Waals surface area contributed by atoms with Crippen LogP contribution in [0.2, 0.25) is 0 Å². The zero-order chi connectivity index (χ0) is 12.8. The third-order valence-electron chi connectivity index (χ3n) is 2.68. The van der Waals surface area contributed by atoms with Crippen molar-refractivity contribution in [1.29, 1.82) is 0 Å². The van der Waals surface area contributed by atoms with Crippen LogP contribution in [0.5, 0.6) is 0 Å². The summed E-state index contributed by atoms with van der Waals surface area (Å²) in [5.41, 5.74) is 1.12. The van der Waals surface area contributed by atoms with E-state index in [9.17, 15) is 9.59 Å². The highest BCUT2D eigenvalue weighted by molar-refractivity contribution is 6.39. The van der Waals surface area contributed by atoms with Gasteiger partial charge in [0, 0.05) is 19.3 Å². The van der Waals surface area contributed by atoms with Crippen molar-refractivity contribution in [2.75, 3.05) is 19.6 Å². The van der Waals surface area contributed by atoms with Crippen molar-refractivity contribution in [2.24, 2.45) is 4.99 Å². The molecule has 2 amide bonds. The Balaban J connectivity index is 1.68. The summed E-state index contributed by atoms with van der Waals surface area (Å²) in [4.78, 5) is 29.9. The summed E-state index contributed by atoms with van der Waals surface area (Å²) < 4.78 is 0. The van der Waals surface area contributed by atoms with Gasteiger partial charge < -0.3 is 15.6 Å². The zero-order valence-corrected chi connectivity index (χ0v) is 10.0. The first kappa shape index (κ1) is 12.3. The molecule has 1 aliphatic heterocycles. The minimum atomic E-state index is -0.130. The lowest BCUT2D eigenvalue weighted by Gasteiger charge is -2.12. The third kappa shape index (κ3) is 3.19. The first-order valence-electron chi connectivity index (χ1n) is 6.00. The summed E-state index contributed by atoms with van der Waals surface area (Å²) in [5, 5.41) is 5.52. The Labute approximate surface area is 105 Å². The standard InChI is InChI=1S/C12H16N4O2/c17-11(9-3-1-5-13-9)15-6-2-4-10-12(18)16-8-7-14-10/h1,3,5,13H,2,4,6-8H2,(H,15,17)(H,16,18). The molecule has 0 bridgehead atoms. The summed E-state index contributed by atoms with van der Waals surface area (Å²) in [5.74, 6) is -0.216. The number of hydrogen-bond acceptors (Lipinski definition) is 3. The van der Waals surface area contributed by atoms with Gasteiger partial charge in [0.1, 0.15) is 5.69 Å². The van der Waals surface area contributed by atoms with E-state index in [0.29, 0.717) is 43.9 Å². The highest BCUT2D eigenvalue weighted by atomic mass is 16.2. The molecule has 18 heavy (non-hydrogen) atoms. The number of aromatic amines is 1. The second kappa shape index (κ2) is 6.00. The predicted octanol–water partition coefficient (Wildman–Crippen LogP) is 0.0955. The maximum Gasteiger partial charge on any atom is 0.267 e. The summed E-state index contributed by atoms with van der Waals surface area (Å²) in [6.07, 6.45) is 3.01. The molecule has 6 heteroatoms. The molecule has 0 saturated carbocycles. The van der Waals surface area contributed by atoms with E-state index in [1.165, 1.54) is 0 Å². The minimum absolute atomic E-state index is 0.0862. The fraction of sp³-hybridized carbons (Fsp3) is 0.417. The largest absolute Gasteiger partial charge is 0.357 e. The number of aliphatic imine (C=N–C) groups is 1. The Morgan fingerprint density at radius 3 is 3.11 bits per heavy atom. The molecule has 0 aromatic carbocycles. The molecule has 0 aliphatic carbocycles. The fourth-order valence-electron chi connectivity index (χ4n) is 1.75. The average molecular weight is 248 g/mol. The van der Waals surface area contributed by atoms with Gasteiger partial charge in [0.05, 0.1) is 12.3 Å². The maximum absolute atomic E-state index is 11.6. The van der Waals surface area contributed by atoms with Crippen LogP contribution >= 0.6 is 0 Å². The van der Waals surface area contributed by atoms with Gasteiger partial charge in [-0.1, -0.05) is 0 Å². The third-order valence-corrected chi connectivity index (χ3v) is 2.68. The van der Waals surface area contributed by atoms with Crippen LogP contribution in [0.3, 0.4) is 0 Å². The number of nitrogens with zero attached hydrogens (tertiary/aromatic N) is 1. The van der Waals surface area contributed by atoms with Crippen molar-refractivity contribution < 1.29 is 9.59 Å². The monoisotopic (exact) mass is 248 g/mol. The topological polar surface area (TPSA) is 86.3 Å². The Bertz CT molecular complexity index is 451. The minimum Gasteiger partial charge on any atom is -0.357 e. The van der Waals surface area contributed by atoms with Crippen LogP contribution in [0, 0.1) is 0 Å². The predicted molar refractivity (Wildman–Crippen MR) is 67.7 cm³/mol. The summed E-state index contributed by atoms with van der Waals surface area (Å²) >= 11 is 0. The van der Waals surface area contributed by atoms with E-state index in [2.05, 4.69) is 20.6 Å². The molecule has 0 fully saturated rings. The Morgan fingerprint density at radius 1 is 1.50 bits per heavy atom. The van der Waals surface area contributed by atoms with Crippen molar-refractivity contribution in [3.8, 4) is 0 Å². The van der Waals surface area contributed by atoms with Crippen LogP contribution in [-0.2, 0) is 4.79 Å². The van der Waals surface area contributed by atoms with E-state index in [-0.39, 0.29) is 11.8 Å². The molecular formula is C12H16N4O2. The van der Waals surface area contributed by atoms with E-state index in [4.69, 9.17) is 0 Å². The van der Waals surface area contributed by atoms with E-state index in [1.807, 2.05) is 0 Å². The second-order valence-corrected chi connectivity index (χ2v) is 4.03. The van der Waals surface area contributed by atoms with Crippen LogP contribution in [0.1, 0.15) is 23.3 Å². The molecule has 0 unspecified atom stereocenters. The van der Waals surface area contributed by atoms with E-state index in [0.717, 1.165) is 0 Å². The lowest BCUT2D eigenvalue weighted by molar-refractivity contribution is -0.115. The van der Waals surface area contributed by atoms with Gasteiger partial charge in [0.2, 0.25) is 0 Å². The quantitative estimate of drug-likeness (QED) is 0.645. The Hall–Kier alpha value is -2.11. The van der Waals surface area contributed by atoms with Gasteiger partial charge >= 0.3 is 0 Å². The van der Waals surface area contributed by atoms with Crippen LogP contribution in [0.4, 0.5) is 0 Å². The number of rotatable bonds is 5. The zero-order valence-electron chi connectivity index (χ0n) is 10.0. The molecule has 2 rings (SSSR count). The number of H-pyrrole nitrogens is 1. The van der Waals surface area contributed by atoms with Crippen molar-refractivity contribution in [2.45, 2.75) is 12.8 Å². The van der Waals surface area contributed by atoms with Gasteiger partial charge in [-0.2, -0.15) is 0 Å². The van der Waals surface area contributed by atoms with Gasteiger partial charge in [-0.15, -0.1) is 0 Å². The molecule has 3 N–H and O–H groups in total. The Morgan fingerprint density at radius 2 is 2.39 bits per heavy atom. The molecule has 2 heterocycles. The van der Waals surface area contributed by atoms with Crippen LogP contribution in [0.25, 0.3) is 0 Å². The van der Waals surface area contributed by atoms with E-state index >= 15 is 0 Å². The maximum atomic E-state index is 11.6. The number of carbonyl (C=O) groups excluding carboxylic acids is 2. The van der Waals surface area contributed by atoms with Crippen LogP contribution < -0.4 is 10.6 Å². The highest BCUT2D eigenvalue weighted by Gasteiger charge is 2.14. The smallest absolute Gasteiger partial charge is 0.267 e. The van der Waals surface area contributed by atoms with Gasteiger partial charge in [-0.05, 0) is 25.0 Å². The molecular weight excluding hydrogens is 232 g/mol. The molecule has 1 aromatic rings. The molecule has 0 spiro atoms. The van der Waals surface area contributed by atoms with Crippen molar-refractivity contribution in [3.05, 3.63) is 24.0 Å². The van der Waals surface area contributed by atoms with Crippen molar-refractivity contribution in [1.82, 2.24) is 15.6 Å². The van der Waals surface area contributed by atoms with Gasteiger partial charge in [0.15, 0.2) is 0 Å². The normalized spacial score (nSPS) is 14.9. The highest BCUT2D eigenvalue weighted by Crippen LogP contribution is 1.98. The summed E-state index contributed by atoms with van der Waals surface area (Å²) in [6, 6.07) is 3.49. The van der Waals surface area contributed by atoms with Crippen LogP contribution in [-0.4, -0.2) is 42.1 Å². The summed E-state index contributed by atoms with van der Waals surface area (Å²) in [7, 11) is 0. The lowest BCUT2D eigenvalue weighted by Crippen LogP contribution is -2.37. The first-order valence-corrected chi connectivity index (χ1v) is 6.00. The molecule has 0 radical (unpaired) electrons. The van der Waals surface area contributed by atoms with Crippen molar-refractivity contribution in [3.63, 3.8) is 0 Å². The van der Waals surface area contributed by atoms with E-state index < -0.39 is 0 Å². The number of aromatic nitrogens is 1. The number of carbonyl (C=O) groups is 2. The number of hydrogen-bond donors (Lipinski definition) is 3. The number of amides is 2. The lowest BCUT2D eigenvalue weighted by atomic mass is 10.1. The van der Waals surface area contributed by atoms with Gasteiger partial charge in [-0.3, -0.25) is 14.6 Å². The number of nitrogens with one attached hydrogen (secondary N) is 3. The fourth-order valence-corrected chi connectivity index (χ4v) is 1.75. The molecule has 0 saturated heterocycles. The molecule has 1 aromatic heterocycles. The van der Waals surface area contributed by atoms with Gasteiger partial charge in [-0.25, -0.2) is 0 Å². The Kier molecular flexibility index (Phi) is 4.11. The molecule has 96 valence electrons. The molecule has 1 aliphatic rings. The average Bonchev–Trinajstić information content (AvgIpc) is 2.90. The van der Waals surface area contributed by atoms with Gasteiger partial charge in [0.25, 0.3) is 11.8 Å². The van der Waals surface area contributed by atoms with Crippen LogP contribution in [0.15, 0.2) is 23.3 Å². The van der Waals surface area contributed by atoms with Crippen molar-refractivity contribution >= 4 is 17.5 Å². The SMILES string of the molecule is O=C1NCCN=C1CCCNC(=O)c1ccc[nH]1. The van der Waals surface area contributed by atoms with E-state index in [1.54, 1.807) is 18.3 Å². The first-order chi connectivity index (χ1) is 8.77. The summed E-state index contributed by atoms with van der Waals surface area (Å²) in [6.45, 7) is 1.80. The molecule has 6 nitrogen and oxygen atoms in total. The second-order valence-electron chi connectivity index (χ2n) is 4.03.